The van der Waals surface area contributed by atoms with Crippen LogP contribution in [0.4, 0.5) is 0 Å². The summed E-state index contributed by atoms with van der Waals surface area (Å²) in [5.74, 6) is 0. The molecule has 0 saturated carbocycles. The van der Waals surface area contributed by atoms with Crippen molar-refractivity contribution in [2.24, 2.45) is 0 Å². The lowest BCUT2D eigenvalue weighted by Gasteiger charge is -2.23. The topological polar surface area (TPSA) is 29.9 Å². The van der Waals surface area contributed by atoms with Crippen LogP contribution in [-0.2, 0) is 6.54 Å². The van der Waals surface area contributed by atoms with Crippen molar-refractivity contribution in [2.75, 3.05) is 7.05 Å². The monoisotopic (exact) mass is 335 g/mol. The van der Waals surface area contributed by atoms with Gasteiger partial charge >= 0.3 is 0 Å². The Bertz CT molecular complexity index is 593. The number of hydrogen-bond donors (Lipinski definition) is 1. The van der Waals surface area contributed by atoms with Crippen LogP contribution in [0.3, 0.4) is 0 Å². The van der Waals surface area contributed by atoms with Crippen LogP contribution in [0.1, 0.15) is 40.9 Å². The van der Waals surface area contributed by atoms with Gasteiger partial charge in [-0.05, 0) is 67.4 Å². The van der Waals surface area contributed by atoms with E-state index in [-0.39, 0.29) is 6.04 Å². The molecular formula is C16H22BrN3. The molecule has 0 fully saturated rings. The number of aryl methyl sites for hydroxylation is 4. The van der Waals surface area contributed by atoms with E-state index in [2.05, 4.69) is 66.2 Å². The number of nitrogens with zero attached hydrogens (tertiary/aromatic N) is 2. The van der Waals surface area contributed by atoms with Gasteiger partial charge in [0, 0.05) is 6.54 Å². The van der Waals surface area contributed by atoms with E-state index in [0.29, 0.717) is 0 Å². The molecule has 108 valence electrons. The molecule has 0 saturated heterocycles. The van der Waals surface area contributed by atoms with E-state index in [1.54, 1.807) is 0 Å². The highest BCUT2D eigenvalue weighted by atomic mass is 79.9. The van der Waals surface area contributed by atoms with Crippen LogP contribution >= 0.6 is 15.9 Å². The van der Waals surface area contributed by atoms with Gasteiger partial charge in [0.1, 0.15) is 0 Å². The van der Waals surface area contributed by atoms with Crippen molar-refractivity contribution in [1.29, 1.82) is 0 Å². The highest BCUT2D eigenvalue weighted by Gasteiger charge is 2.23. The predicted molar refractivity (Wildman–Crippen MR) is 87.2 cm³/mol. The molecule has 0 aliphatic heterocycles. The number of aromatic nitrogens is 2. The Labute approximate surface area is 129 Å². The van der Waals surface area contributed by atoms with E-state index in [0.717, 1.165) is 11.0 Å². The third-order valence-corrected chi connectivity index (χ3v) is 4.33. The minimum atomic E-state index is 0.146. The fourth-order valence-electron chi connectivity index (χ4n) is 2.98. The van der Waals surface area contributed by atoms with Gasteiger partial charge in [-0.1, -0.05) is 17.7 Å². The summed E-state index contributed by atoms with van der Waals surface area (Å²) in [6.45, 7) is 9.48. The zero-order valence-electron chi connectivity index (χ0n) is 12.8. The van der Waals surface area contributed by atoms with E-state index >= 15 is 0 Å². The summed E-state index contributed by atoms with van der Waals surface area (Å²) in [7, 11) is 2.00. The number of hydrogen-bond acceptors (Lipinski definition) is 2. The second-order valence-electron chi connectivity index (χ2n) is 5.23. The Morgan fingerprint density at radius 1 is 1.25 bits per heavy atom. The fourth-order valence-corrected chi connectivity index (χ4v) is 3.50. The Morgan fingerprint density at radius 2 is 1.85 bits per heavy atom. The first-order valence-corrected chi connectivity index (χ1v) is 7.75. The summed E-state index contributed by atoms with van der Waals surface area (Å²) in [5, 5.41) is 7.88. The van der Waals surface area contributed by atoms with Crippen molar-refractivity contribution in [3.05, 3.63) is 50.8 Å². The zero-order valence-corrected chi connectivity index (χ0v) is 14.4. The van der Waals surface area contributed by atoms with Gasteiger partial charge in [-0.2, -0.15) is 5.10 Å². The first-order chi connectivity index (χ1) is 9.49. The SMILES string of the molecule is CCn1ncc(Br)c1C(NC)c1c(C)cc(C)cc1C. The normalized spacial score (nSPS) is 12.7. The number of benzene rings is 1. The van der Waals surface area contributed by atoms with E-state index in [1.807, 2.05) is 17.9 Å². The van der Waals surface area contributed by atoms with Gasteiger partial charge in [0.05, 0.1) is 22.4 Å². The van der Waals surface area contributed by atoms with Crippen molar-refractivity contribution in [3.63, 3.8) is 0 Å². The fraction of sp³-hybridized carbons (Fsp3) is 0.438. The van der Waals surface area contributed by atoms with Crippen molar-refractivity contribution in [3.8, 4) is 0 Å². The third-order valence-electron chi connectivity index (χ3n) is 3.72. The molecule has 4 heteroatoms. The average Bonchev–Trinajstić information content (AvgIpc) is 2.74. The Morgan fingerprint density at radius 3 is 2.35 bits per heavy atom. The summed E-state index contributed by atoms with van der Waals surface area (Å²) >= 11 is 3.64. The molecule has 0 spiro atoms. The molecule has 0 radical (unpaired) electrons. The lowest BCUT2D eigenvalue weighted by Crippen LogP contribution is -2.23. The molecule has 20 heavy (non-hydrogen) atoms. The van der Waals surface area contributed by atoms with Gasteiger partial charge in [0.25, 0.3) is 0 Å². The highest BCUT2D eigenvalue weighted by molar-refractivity contribution is 9.10. The van der Waals surface area contributed by atoms with Crippen molar-refractivity contribution in [1.82, 2.24) is 15.1 Å². The lowest BCUT2D eigenvalue weighted by atomic mass is 9.92. The standard InChI is InChI=1S/C16H22BrN3/c1-6-20-16(13(17)9-19-20)15(18-5)14-11(3)7-10(2)8-12(14)4/h7-9,15,18H,6H2,1-5H3. The van der Waals surface area contributed by atoms with Gasteiger partial charge < -0.3 is 5.32 Å². The summed E-state index contributed by atoms with van der Waals surface area (Å²) in [6.07, 6.45) is 1.88. The van der Waals surface area contributed by atoms with E-state index in [1.165, 1.54) is 27.9 Å². The number of halogens is 1. The molecule has 1 atom stereocenters. The highest BCUT2D eigenvalue weighted by Crippen LogP contribution is 2.32. The first kappa shape index (κ1) is 15.3. The van der Waals surface area contributed by atoms with Gasteiger partial charge in [0.2, 0.25) is 0 Å². The molecule has 0 bridgehead atoms. The lowest BCUT2D eigenvalue weighted by molar-refractivity contribution is 0.559. The molecule has 0 aliphatic rings. The molecule has 3 nitrogen and oxygen atoms in total. The van der Waals surface area contributed by atoms with Crippen molar-refractivity contribution in [2.45, 2.75) is 40.3 Å². The summed E-state index contributed by atoms with van der Waals surface area (Å²) in [4.78, 5) is 0. The largest absolute Gasteiger partial charge is 0.308 e. The Hall–Kier alpha value is -1.13. The maximum absolute atomic E-state index is 4.44. The van der Waals surface area contributed by atoms with Crippen molar-refractivity contribution >= 4 is 15.9 Å². The second-order valence-corrected chi connectivity index (χ2v) is 6.08. The van der Waals surface area contributed by atoms with Crippen LogP contribution in [0, 0.1) is 20.8 Å². The smallest absolute Gasteiger partial charge is 0.0762 e. The Balaban J connectivity index is 2.61. The Kier molecular flexibility index (Phi) is 4.66. The van der Waals surface area contributed by atoms with E-state index < -0.39 is 0 Å². The van der Waals surface area contributed by atoms with Crippen LogP contribution in [0.15, 0.2) is 22.8 Å². The van der Waals surface area contributed by atoms with Crippen LogP contribution in [-0.4, -0.2) is 16.8 Å². The summed E-state index contributed by atoms with van der Waals surface area (Å²) in [6, 6.07) is 4.63. The summed E-state index contributed by atoms with van der Waals surface area (Å²) < 4.78 is 3.10. The predicted octanol–water partition coefficient (Wildman–Crippen LogP) is 3.90. The number of nitrogens with one attached hydrogen (secondary N) is 1. The molecule has 1 heterocycles. The molecule has 0 aliphatic carbocycles. The van der Waals surface area contributed by atoms with Gasteiger partial charge in [-0.3, -0.25) is 4.68 Å². The van der Waals surface area contributed by atoms with Crippen LogP contribution in [0.25, 0.3) is 0 Å². The minimum Gasteiger partial charge on any atom is -0.308 e. The average molecular weight is 336 g/mol. The van der Waals surface area contributed by atoms with Crippen LogP contribution in [0.5, 0.6) is 0 Å². The maximum atomic E-state index is 4.44. The molecule has 2 aromatic rings. The molecule has 0 amide bonds. The summed E-state index contributed by atoms with van der Waals surface area (Å²) in [5.41, 5.74) is 6.47. The van der Waals surface area contributed by atoms with Gasteiger partial charge in [-0.15, -0.1) is 0 Å². The van der Waals surface area contributed by atoms with Crippen LogP contribution in [0.2, 0.25) is 0 Å². The molecule has 1 aromatic carbocycles. The van der Waals surface area contributed by atoms with Crippen molar-refractivity contribution < 1.29 is 0 Å². The number of rotatable bonds is 4. The molecular weight excluding hydrogens is 314 g/mol. The van der Waals surface area contributed by atoms with Gasteiger partial charge in [0.15, 0.2) is 0 Å². The molecule has 1 unspecified atom stereocenters. The molecule has 1 aromatic heterocycles. The minimum absolute atomic E-state index is 0.146. The molecule has 1 N–H and O–H groups in total. The maximum Gasteiger partial charge on any atom is 0.0762 e. The van der Waals surface area contributed by atoms with E-state index in [9.17, 15) is 0 Å². The third kappa shape index (κ3) is 2.67. The molecule has 2 rings (SSSR count). The van der Waals surface area contributed by atoms with E-state index in [4.69, 9.17) is 0 Å². The van der Waals surface area contributed by atoms with Gasteiger partial charge in [-0.25, -0.2) is 0 Å². The van der Waals surface area contributed by atoms with Crippen LogP contribution < -0.4 is 5.32 Å². The quantitative estimate of drug-likeness (QED) is 0.918. The zero-order chi connectivity index (χ0) is 14.9. The first-order valence-electron chi connectivity index (χ1n) is 6.95. The second kappa shape index (κ2) is 6.10.